The lowest BCUT2D eigenvalue weighted by atomic mass is 10.2. The van der Waals surface area contributed by atoms with Gasteiger partial charge in [-0.1, -0.05) is 12.1 Å². The summed E-state index contributed by atoms with van der Waals surface area (Å²) in [4.78, 5) is 24.0. The van der Waals surface area contributed by atoms with Crippen LogP contribution in [-0.4, -0.2) is 41.6 Å². The van der Waals surface area contributed by atoms with E-state index in [9.17, 15) is 18.0 Å². The van der Waals surface area contributed by atoms with Gasteiger partial charge in [0.15, 0.2) is 0 Å². The number of sulfonamides is 1. The second-order valence-electron chi connectivity index (χ2n) is 6.92. The summed E-state index contributed by atoms with van der Waals surface area (Å²) in [5, 5.41) is 0. The second kappa shape index (κ2) is 9.78. The molecule has 0 radical (unpaired) electrons. The van der Waals surface area contributed by atoms with Gasteiger partial charge in [0.1, 0.15) is 29.4 Å². The number of esters is 2. The summed E-state index contributed by atoms with van der Waals surface area (Å²) >= 11 is 0. The highest BCUT2D eigenvalue weighted by Crippen LogP contribution is 2.31. The molecule has 0 saturated heterocycles. The van der Waals surface area contributed by atoms with E-state index in [1.54, 1.807) is 31.2 Å². The molecule has 0 spiro atoms. The number of methoxy groups -OCH3 is 2. The molecule has 33 heavy (non-hydrogen) atoms. The van der Waals surface area contributed by atoms with E-state index in [0.29, 0.717) is 17.2 Å². The number of carbonyl (C=O) groups is 2. The topological polar surface area (TPSA) is 112 Å². The van der Waals surface area contributed by atoms with E-state index >= 15 is 0 Å². The van der Waals surface area contributed by atoms with Gasteiger partial charge in [0.25, 0.3) is 10.0 Å². The zero-order valence-corrected chi connectivity index (χ0v) is 19.3. The predicted octanol–water partition coefficient (Wildman–Crippen LogP) is 3.57. The third-order valence-corrected chi connectivity index (χ3v) is 6.68. The Morgan fingerprint density at radius 3 is 2.30 bits per heavy atom. The smallest absolute Gasteiger partial charge is 0.341 e. The summed E-state index contributed by atoms with van der Waals surface area (Å²) in [6.07, 6.45) is 0. The van der Waals surface area contributed by atoms with Gasteiger partial charge < -0.3 is 18.6 Å². The molecule has 0 unspecified atom stereocenters. The standard InChI is InChI=1S/C23H23NO8S/c1-15-19(23(26)30-4)13-17(32-15)14-31-22(25)16-9-11-18(12-10-16)33(27,28)24(2)20-7-5-6-8-21(20)29-3/h5-13H,14H2,1-4H3. The molecule has 0 amide bonds. The van der Waals surface area contributed by atoms with Crippen LogP contribution >= 0.6 is 0 Å². The summed E-state index contributed by atoms with van der Waals surface area (Å²) in [6.45, 7) is 1.39. The summed E-state index contributed by atoms with van der Waals surface area (Å²) in [5.41, 5.74) is 0.784. The van der Waals surface area contributed by atoms with Crippen LogP contribution < -0.4 is 9.04 Å². The van der Waals surface area contributed by atoms with Crippen molar-refractivity contribution >= 4 is 27.6 Å². The number of benzene rings is 2. The van der Waals surface area contributed by atoms with Gasteiger partial charge in [-0.25, -0.2) is 18.0 Å². The SMILES string of the molecule is COC(=O)c1cc(COC(=O)c2ccc(S(=O)(=O)N(C)c3ccccc3OC)cc2)oc1C. The molecule has 0 saturated carbocycles. The van der Waals surface area contributed by atoms with Crippen LogP contribution in [0.15, 0.2) is 63.9 Å². The number of furan rings is 1. The zero-order chi connectivity index (χ0) is 24.2. The molecule has 174 valence electrons. The third-order valence-electron chi connectivity index (χ3n) is 4.89. The summed E-state index contributed by atoms with van der Waals surface area (Å²) < 4.78 is 47.6. The van der Waals surface area contributed by atoms with Crippen LogP contribution in [0.25, 0.3) is 0 Å². The second-order valence-corrected chi connectivity index (χ2v) is 8.89. The average molecular weight is 474 g/mol. The third kappa shape index (κ3) is 5.01. The summed E-state index contributed by atoms with van der Waals surface area (Å²) in [7, 11) is 0.242. The molecule has 10 heteroatoms. The number of para-hydroxylation sites is 2. The Labute approximate surface area is 191 Å². The van der Waals surface area contributed by atoms with E-state index in [4.69, 9.17) is 13.9 Å². The highest BCUT2D eigenvalue weighted by molar-refractivity contribution is 7.92. The lowest BCUT2D eigenvalue weighted by Crippen LogP contribution is -2.27. The number of ether oxygens (including phenoxy) is 3. The first-order chi connectivity index (χ1) is 15.7. The van der Waals surface area contributed by atoms with Crippen LogP contribution in [0.2, 0.25) is 0 Å². The van der Waals surface area contributed by atoms with Crippen molar-refractivity contribution in [3.63, 3.8) is 0 Å². The molecule has 3 rings (SSSR count). The monoisotopic (exact) mass is 473 g/mol. The van der Waals surface area contributed by atoms with E-state index < -0.39 is 22.0 Å². The van der Waals surface area contributed by atoms with E-state index in [1.165, 1.54) is 51.6 Å². The van der Waals surface area contributed by atoms with Gasteiger partial charge in [-0.3, -0.25) is 4.31 Å². The maximum absolute atomic E-state index is 13.0. The number of anilines is 1. The molecule has 0 aliphatic rings. The van der Waals surface area contributed by atoms with Crippen LogP contribution in [0.4, 0.5) is 5.69 Å². The van der Waals surface area contributed by atoms with Crippen molar-refractivity contribution in [1.29, 1.82) is 0 Å². The van der Waals surface area contributed by atoms with Crippen molar-refractivity contribution in [2.24, 2.45) is 0 Å². The fourth-order valence-corrected chi connectivity index (χ4v) is 4.29. The molecule has 0 aliphatic carbocycles. The number of hydrogen-bond acceptors (Lipinski definition) is 8. The van der Waals surface area contributed by atoms with Gasteiger partial charge >= 0.3 is 11.9 Å². The summed E-state index contributed by atoms with van der Waals surface area (Å²) in [6, 6.07) is 13.5. The van der Waals surface area contributed by atoms with E-state index in [1.807, 2.05) is 0 Å². The van der Waals surface area contributed by atoms with Crippen molar-refractivity contribution in [3.05, 3.63) is 77.2 Å². The van der Waals surface area contributed by atoms with Crippen LogP contribution in [0, 0.1) is 6.92 Å². The fourth-order valence-electron chi connectivity index (χ4n) is 3.09. The molecule has 0 atom stereocenters. The minimum Gasteiger partial charge on any atom is -0.495 e. The molecule has 0 bridgehead atoms. The molecule has 0 fully saturated rings. The van der Waals surface area contributed by atoms with Crippen LogP contribution in [0.1, 0.15) is 32.2 Å². The first-order valence-electron chi connectivity index (χ1n) is 9.75. The summed E-state index contributed by atoms with van der Waals surface area (Å²) in [5.74, 6) is -0.192. The number of aryl methyl sites for hydroxylation is 1. The Kier molecular flexibility index (Phi) is 7.07. The van der Waals surface area contributed by atoms with Gasteiger partial charge in [0.2, 0.25) is 0 Å². The molecule has 3 aromatic rings. The van der Waals surface area contributed by atoms with Crippen molar-refractivity contribution in [2.45, 2.75) is 18.4 Å². The molecular formula is C23H23NO8S. The molecule has 0 aliphatic heterocycles. The van der Waals surface area contributed by atoms with Crippen molar-refractivity contribution in [2.75, 3.05) is 25.6 Å². The number of hydrogen-bond donors (Lipinski definition) is 0. The maximum atomic E-state index is 13.0. The molecule has 9 nitrogen and oxygen atoms in total. The zero-order valence-electron chi connectivity index (χ0n) is 18.5. The van der Waals surface area contributed by atoms with Crippen LogP contribution in [0.3, 0.4) is 0 Å². The average Bonchev–Trinajstić information content (AvgIpc) is 3.21. The van der Waals surface area contributed by atoms with Gasteiger partial charge in [0.05, 0.1) is 30.4 Å². The first-order valence-corrected chi connectivity index (χ1v) is 11.2. The Hall–Kier alpha value is -3.79. The van der Waals surface area contributed by atoms with E-state index in [0.717, 1.165) is 4.31 Å². The highest BCUT2D eigenvalue weighted by atomic mass is 32.2. The van der Waals surface area contributed by atoms with Gasteiger partial charge in [-0.05, 0) is 49.4 Å². The number of rotatable bonds is 8. The largest absolute Gasteiger partial charge is 0.495 e. The molecule has 1 aromatic heterocycles. The Balaban J connectivity index is 1.71. The van der Waals surface area contributed by atoms with Crippen molar-refractivity contribution in [1.82, 2.24) is 0 Å². The Bertz CT molecular complexity index is 1260. The predicted molar refractivity (Wildman–Crippen MR) is 119 cm³/mol. The maximum Gasteiger partial charge on any atom is 0.341 e. The Morgan fingerprint density at radius 1 is 1.00 bits per heavy atom. The first kappa shape index (κ1) is 23.9. The molecule has 0 N–H and O–H groups in total. The normalized spacial score (nSPS) is 11.0. The number of carbonyl (C=O) groups excluding carboxylic acids is 2. The van der Waals surface area contributed by atoms with Gasteiger partial charge in [0, 0.05) is 7.05 Å². The number of nitrogens with zero attached hydrogens (tertiary/aromatic N) is 1. The van der Waals surface area contributed by atoms with Crippen molar-refractivity contribution < 1.29 is 36.6 Å². The lowest BCUT2D eigenvalue weighted by Gasteiger charge is -2.21. The lowest BCUT2D eigenvalue weighted by molar-refractivity contribution is 0.0443. The Morgan fingerprint density at radius 2 is 1.67 bits per heavy atom. The molecule has 2 aromatic carbocycles. The van der Waals surface area contributed by atoms with E-state index in [-0.39, 0.29) is 28.4 Å². The minimum absolute atomic E-state index is 0.00293. The van der Waals surface area contributed by atoms with Gasteiger partial charge in [-0.15, -0.1) is 0 Å². The van der Waals surface area contributed by atoms with E-state index in [2.05, 4.69) is 4.74 Å². The fraction of sp³-hybridized carbons (Fsp3) is 0.217. The molecule has 1 heterocycles. The highest BCUT2D eigenvalue weighted by Gasteiger charge is 2.24. The van der Waals surface area contributed by atoms with Crippen LogP contribution in [-0.2, 0) is 26.1 Å². The molecular weight excluding hydrogens is 450 g/mol. The van der Waals surface area contributed by atoms with Gasteiger partial charge in [-0.2, -0.15) is 0 Å². The van der Waals surface area contributed by atoms with Crippen molar-refractivity contribution in [3.8, 4) is 5.75 Å². The van der Waals surface area contributed by atoms with Crippen LogP contribution in [0.5, 0.6) is 5.75 Å². The minimum atomic E-state index is -3.89. The quantitative estimate of drug-likeness (QED) is 0.457.